The molecule has 0 radical (unpaired) electrons. The Hall–Kier alpha value is -3.79. The molecule has 1 fully saturated rings. The Labute approximate surface area is 191 Å². The Balaban J connectivity index is 1.53. The number of aryl methyl sites for hydroxylation is 2. The van der Waals surface area contributed by atoms with Crippen molar-refractivity contribution in [3.05, 3.63) is 47.7 Å². The van der Waals surface area contributed by atoms with E-state index < -0.39 is 0 Å². The van der Waals surface area contributed by atoms with Crippen LogP contribution < -0.4 is 20.3 Å². The van der Waals surface area contributed by atoms with Crippen LogP contribution in [0.2, 0.25) is 0 Å². The predicted molar refractivity (Wildman–Crippen MR) is 126 cm³/mol. The van der Waals surface area contributed by atoms with E-state index in [1.54, 1.807) is 18.5 Å². The van der Waals surface area contributed by atoms with E-state index in [0.717, 1.165) is 42.0 Å². The summed E-state index contributed by atoms with van der Waals surface area (Å²) in [5, 5.41) is 7.05. The molecular weight excluding hydrogens is 420 g/mol. The molecule has 1 saturated heterocycles. The molecule has 2 N–H and O–H groups in total. The molecule has 5 rings (SSSR count). The summed E-state index contributed by atoms with van der Waals surface area (Å²) in [4.78, 5) is 33.4. The smallest absolute Gasteiger partial charge is 0.316 e. The fourth-order valence-corrected chi connectivity index (χ4v) is 4.41. The van der Waals surface area contributed by atoms with Crippen molar-refractivity contribution in [2.75, 3.05) is 37.5 Å². The van der Waals surface area contributed by atoms with Crippen LogP contribution in [0, 0.1) is 13.8 Å². The van der Waals surface area contributed by atoms with E-state index in [0.29, 0.717) is 28.6 Å². The average Bonchev–Trinajstić information content (AvgIpc) is 3.44. The summed E-state index contributed by atoms with van der Waals surface area (Å²) in [5.41, 5.74) is 4.36. The molecule has 33 heavy (non-hydrogen) atoms. The summed E-state index contributed by atoms with van der Waals surface area (Å²) >= 11 is 0. The van der Waals surface area contributed by atoms with Gasteiger partial charge in [-0.1, -0.05) is 0 Å². The summed E-state index contributed by atoms with van der Waals surface area (Å²) in [6, 6.07) is 4.41. The van der Waals surface area contributed by atoms with E-state index in [1.165, 1.54) is 7.11 Å². The van der Waals surface area contributed by atoms with Crippen molar-refractivity contribution in [3.63, 3.8) is 0 Å². The van der Waals surface area contributed by atoms with Crippen LogP contribution in [-0.2, 0) is 0 Å². The lowest BCUT2D eigenvalue weighted by molar-refractivity contribution is 0.102. The molecule has 1 aromatic carbocycles. The highest BCUT2D eigenvalue weighted by Crippen LogP contribution is 2.31. The zero-order valence-electron chi connectivity index (χ0n) is 19.1. The third kappa shape index (κ3) is 3.82. The van der Waals surface area contributed by atoms with Gasteiger partial charge in [0, 0.05) is 42.6 Å². The number of nitrogens with zero attached hydrogens (tertiary/aromatic N) is 6. The second-order valence-corrected chi connectivity index (χ2v) is 8.25. The van der Waals surface area contributed by atoms with Crippen LogP contribution in [0.25, 0.3) is 16.6 Å². The van der Waals surface area contributed by atoms with Crippen molar-refractivity contribution in [1.29, 1.82) is 0 Å². The first-order valence-electron chi connectivity index (χ1n) is 10.9. The van der Waals surface area contributed by atoms with Crippen molar-refractivity contribution in [2.24, 2.45) is 0 Å². The van der Waals surface area contributed by atoms with Gasteiger partial charge in [-0.2, -0.15) is 4.98 Å². The minimum Gasteiger partial charge on any atom is -0.467 e. The lowest BCUT2D eigenvalue weighted by Gasteiger charge is -2.21. The molecule has 1 unspecified atom stereocenters. The lowest BCUT2D eigenvalue weighted by atomic mass is 10.1. The second-order valence-electron chi connectivity index (χ2n) is 8.25. The number of ether oxygens (including phenoxy) is 1. The number of methoxy groups -OCH3 is 1. The van der Waals surface area contributed by atoms with Crippen molar-refractivity contribution in [3.8, 4) is 6.01 Å². The number of nitrogens with one attached hydrogen (secondary N) is 2. The van der Waals surface area contributed by atoms with Gasteiger partial charge in [-0.05, 0) is 39.4 Å². The zero-order valence-corrected chi connectivity index (χ0v) is 19.1. The molecule has 0 saturated carbocycles. The van der Waals surface area contributed by atoms with Crippen LogP contribution in [0.4, 0.5) is 11.5 Å². The number of hydrogen-bond donors (Lipinski definition) is 2. The second kappa shape index (κ2) is 8.28. The van der Waals surface area contributed by atoms with Gasteiger partial charge in [0.2, 0.25) is 0 Å². The van der Waals surface area contributed by atoms with Gasteiger partial charge in [-0.25, -0.2) is 9.97 Å². The standard InChI is InChI=1S/C23H26N8O2/c1-13-10-31-12-19(27-21(31)14(2)26-13)28-22(32)16-5-6-18(30-8-7-15(11-30)24-3)17-9-25-23(33-4)29-20(16)17/h5-6,9-10,12,15,24H,7-8,11H2,1-4H3,(H,28,32). The maximum atomic E-state index is 13.3. The van der Waals surface area contributed by atoms with Crippen LogP contribution in [0.5, 0.6) is 6.01 Å². The first kappa shape index (κ1) is 21.1. The topological polar surface area (TPSA) is 110 Å². The number of benzene rings is 1. The van der Waals surface area contributed by atoms with Gasteiger partial charge >= 0.3 is 6.01 Å². The van der Waals surface area contributed by atoms with Gasteiger partial charge in [-0.3, -0.25) is 9.78 Å². The zero-order chi connectivity index (χ0) is 23.1. The molecular formula is C23H26N8O2. The summed E-state index contributed by atoms with van der Waals surface area (Å²) in [5.74, 6) is 0.151. The Morgan fingerprint density at radius 3 is 2.79 bits per heavy atom. The van der Waals surface area contributed by atoms with E-state index in [-0.39, 0.29) is 11.9 Å². The van der Waals surface area contributed by atoms with E-state index >= 15 is 0 Å². The Bertz CT molecular complexity index is 1370. The van der Waals surface area contributed by atoms with Gasteiger partial charge in [-0.15, -0.1) is 0 Å². The molecule has 4 aromatic rings. The van der Waals surface area contributed by atoms with Gasteiger partial charge in [0.15, 0.2) is 11.5 Å². The first-order chi connectivity index (χ1) is 16.0. The number of hydrogen-bond acceptors (Lipinski definition) is 8. The monoisotopic (exact) mass is 446 g/mol. The molecule has 170 valence electrons. The van der Waals surface area contributed by atoms with Crippen LogP contribution in [0.1, 0.15) is 28.2 Å². The molecule has 4 heterocycles. The van der Waals surface area contributed by atoms with E-state index in [1.807, 2.05) is 37.6 Å². The summed E-state index contributed by atoms with van der Waals surface area (Å²) in [7, 11) is 3.49. The fourth-order valence-electron chi connectivity index (χ4n) is 4.41. The van der Waals surface area contributed by atoms with E-state index in [4.69, 9.17) is 4.74 Å². The van der Waals surface area contributed by atoms with Crippen LogP contribution >= 0.6 is 0 Å². The quantitative estimate of drug-likeness (QED) is 0.481. The predicted octanol–water partition coefficient (Wildman–Crippen LogP) is 2.35. The number of likely N-dealkylation sites (N-methyl/N-ethyl adjacent to an activating group) is 1. The highest BCUT2D eigenvalue weighted by molar-refractivity contribution is 6.13. The molecule has 10 heteroatoms. The van der Waals surface area contributed by atoms with Crippen LogP contribution in [0.3, 0.4) is 0 Å². The van der Waals surface area contributed by atoms with E-state index in [9.17, 15) is 4.79 Å². The normalized spacial score (nSPS) is 16.0. The highest BCUT2D eigenvalue weighted by atomic mass is 16.5. The number of anilines is 2. The van der Waals surface area contributed by atoms with Gasteiger partial charge in [0.1, 0.15) is 0 Å². The molecule has 1 aliphatic rings. The average molecular weight is 447 g/mol. The minimum atomic E-state index is -0.299. The molecule has 1 amide bonds. The summed E-state index contributed by atoms with van der Waals surface area (Å²) in [6.45, 7) is 5.63. The number of aromatic nitrogens is 5. The molecule has 3 aromatic heterocycles. The molecule has 1 aliphatic heterocycles. The summed E-state index contributed by atoms with van der Waals surface area (Å²) < 4.78 is 7.11. The molecule has 1 atom stereocenters. The number of fused-ring (bicyclic) bond motifs is 2. The van der Waals surface area contributed by atoms with Crippen molar-refractivity contribution < 1.29 is 9.53 Å². The number of rotatable bonds is 5. The third-order valence-corrected chi connectivity index (χ3v) is 6.04. The SMILES string of the molecule is CNC1CCN(c2ccc(C(=O)Nc3cn4cc(C)nc(C)c4n3)c3nc(OC)ncc23)C1. The lowest BCUT2D eigenvalue weighted by Crippen LogP contribution is -2.29. The van der Waals surface area contributed by atoms with Crippen LogP contribution in [-0.4, -0.2) is 63.5 Å². The van der Waals surface area contributed by atoms with Gasteiger partial charge in [0.25, 0.3) is 5.91 Å². The van der Waals surface area contributed by atoms with Crippen LogP contribution in [0.15, 0.2) is 30.7 Å². The number of amides is 1. The Morgan fingerprint density at radius 2 is 2.03 bits per heavy atom. The van der Waals surface area contributed by atoms with Gasteiger partial charge < -0.3 is 24.7 Å². The maximum Gasteiger partial charge on any atom is 0.316 e. The van der Waals surface area contributed by atoms with Gasteiger partial charge in [0.05, 0.1) is 35.8 Å². The van der Waals surface area contributed by atoms with E-state index in [2.05, 4.69) is 35.5 Å². The van der Waals surface area contributed by atoms with Crippen molar-refractivity contribution in [2.45, 2.75) is 26.3 Å². The molecule has 0 spiro atoms. The number of imidazole rings is 1. The van der Waals surface area contributed by atoms with Crippen molar-refractivity contribution in [1.82, 2.24) is 29.7 Å². The third-order valence-electron chi connectivity index (χ3n) is 6.04. The highest BCUT2D eigenvalue weighted by Gasteiger charge is 2.25. The molecule has 10 nitrogen and oxygen atoms in total. The minimum absolute atomic E-state index is 0.216. The molecule has 0 bridgehead atoms. The number of carbonyl (C=O) groups excluding carboxylic acids is 1. The number of carbonyl (C=O) groups is 1. The van der Waals surface area contributed by atoms with Crippen molar-refractivity contribution >= 4 is 34.0 Å². The molecule has 0 aliphatic carbocycles. The Morgan fingerprint density at radius 1 is 1.18 bits per heavy atom. The summed E-state index contributed by atoms with van der Waals surface area (Å²) in [6.07, 6.45) is 6.44. The Kier molecular flexibility index (Phi) is 5.29. The fraction of sp³-hybridized carbons (Fsp3) is 0.348. The maximum absolute atomic E-state index is 13.3. The first-order valence-corrected chi connectivity index (χ1v) is 10.9. The largest absolute Gasteiger partial charge is 0.467 e.